The molecule has 6 aliphatic carbocycles. The summed E-state index contributed by atoms with van der Waals surface area (Å²) in [5, 5.41) is 0. The van der Waals surface area contributed by atoms with E-state index in [0.29, 0.717) is 13.0 Å². The zero-order chi connectivity index (χ0) is 52.7. The summed E-state index contributed by atoms with van der Waals surface area (Å²) in [7, 11) is 0. The molecule has 0 spiro atoms. The molecule has 396 valence electrons. The van der Waals surface area contributed by atoms with E-state index >= 15 is 0 Å². The quantitative estimate of drug-likeness (QED) is 0.0909. The van der Waals surface area contributed by atoms with E-state index in [2.05, 4.69) is 65.8 Å². The van der Waals surface area contributed by atoms with E-state index in [1.54, 1.807) is 27.7 Å². The number of rotatable bonds is 16. The number of allylic oxidation sites excluding steroid dienone is 4. The maximum absolute atomic E-state index is 14.6. The van der Waals surface area contributed by atoms with Gasteiger partial charge in [0, 0.05) is 5.41 Å². The average molecular weight is 1000 g/mol. The molecular formula is C63H84O10. The van der Waals surface area contributed by atoms with Crippen LogP contribution in [-0.4, -0.2) is 49.2 Å². The van der Waals surface area contributed by atoms with Crippen molar-refractivity contribution in [3.63, 3.8) is 0 Å². The number of benzene rings is 2. The third-order valence-corrected chi connectivity index (χ3v) is 19.7. The Kier molecular flexibility index (Phi) is 15.3. The third kappa shape index (κ3) is 10.7. The fraction of sp³-hybridized carbons (Fsp3) is 0.635. The standard InChI is InChI=1S/C63H84O10/c1-56(2)32-34-63(55(68)71-41-45-24-18-13-19-25-45)35-33-61(9)46(47(63)36-56)26-27-49-59(7)30-29-50(73-52(65)38-58(5,6)54(67)70-40-44-22-16-12-17-23-44)60(8,48(59)28-31-62(49,61)10)42-72-51(64)37-57(3,4)53(66)69-39-43-20-14-11-15-21-43/h11-12,14-18,20-26,47-50H,13,19,27-42H2,1-10H3/t47-,48?,49?,50-,59-,60-,61+,62+,63-/m0/s1. The van der Waals surface area contributed by atoms with E-state index in [1.807, 2.05) is 60.7 Å². The number of esters is 5. The molecule has 0 bridgehead atoms. The van der Waals surface area contributed by atoms with Gasteiger partial charge in [-0.05, 0) is 161 Å². The van der Waals surface area contributed by atoms with Crippen LogP contribution in [0.2, 0.25) is 0 Å². The highest BCUT2D eigenvalue weighted by molar-refractivity contribution is 5.84. The number of fused-ring (bicyclic) bond motifs is 7. The first-order valence-electron chi connectivity index (χ1n) is 27.4. The molecule has 0 saturated heterocycles. The molecule has 4 fully saturated rings. The van der Waals surface area contributed by atoms with Gasteiger partial charge in [0.15, 0.2) is 0 Å². The van der Waals surface area contributed by atoms with Gasteiger partial charge < -0.3 is 23.7 Å². The van der Waals surface area contributed by atoms with Crippen molar-refractivity contribution < 1.29 is 47.7 Å². The van der Waals surface area contributed by atoms with Gasteiger partial charge in [-0.15, -0.1) is 0 Å². The molecule has 2 aromatic carbocycles. The summed E-state index contributed by atoms with van der Waals surface area (Å²) in [6, 6.07) is 18.9. The molecule has 9 atom stereocenters. The molecule has 0 heterocycles. The van der Waals surface area contributed by atoms with Crippen LogP contribution in [0.15, 0.2) is 96.1 Å². The highest BCUT2D eigenvalue weighted by atomic mass is 16.6. The molecule has 6 aliphatic rings. The van der Waals surface area contributed by atoms with Crippen molar-refractivity contribution >= 4 is 29.8 Å². The van der Waals surface area contributed by atoms with Gasteiger partial charge >= 0.3 is 29.8 Å². The minimum Gasteiger partial charge on any atom is -0.465 e. The van der Waals surface area contributed by atoms with E-state index in [0.717, 1.165) is 87.3 Å². The summed E-state index contributed by atoms with van der Waals surface area (Å²) in [5.41, 5.74) is 0.188. The first-order valence-corrected chi connectivity index (χ1v) is 27.4. The number of carbonyl (C=O) groups is 5. The van der Waals surface area contributed by atoms with Crippen molar-refractivity contribution in [2.24, 2.45) is 61.1 Å². The Morgan fingerprint density at radius 2 is 1.22 bits per heavy atom. The van der Waals surface area contributed by atoms with E-state index in [4.69, 9.17) is 23.7 Å². The smallest absolute Gasteiger partial charge is 0.313 e. The third-order valence-electron chi connectivity index (χ3n) is 19.7. The Hall–Kier alpha value is -4.99. The van der Waals surface area contributed by atoms with Crippen LogP contribution < -0.4 is 0 Å². The summed E-state index contributed by atoms with van der Waals surface area (Å²) < 4.78 is 30.6. The van der Waals surface area contributed by atoms with Crippen molar-refractivity contribution in [3.05, 3.63) is 107 Å². The average Bonchev–Trinajstić information content (AvgIpc) is 3.35. The van der Waals surface area contributed by atoms with Crippen molar-refractivity contribution in [1.82, 2.24) is 0 Å². The van der Waals surface area contributed by atoms with Gasteiger partial charge in [0.05, 0.1) is 29.1 Å². The van der Waals surface area contributed by atoms with Gasteiger partial charge in [-0.2, -0.15) is 0 Å². The Morgan fingerprint density at radius 1 is 0.616 bits per heavy atom. The Bertz CT molecular complexity index is 2480. The molecule has 0 radical (unpaired) electrons. The van der Waals surface area contributed by atoms with Gasteiger partial charge in [0.25, 0.3) is 0 Å². The predicted molar refractivity (Wildman–Crippen MR) is 281 cm³/mol. The second-order valence-electron chi connectivity index (χ2n) is 26.1. The lowest BCUT2D eigenvalue weighted by Gasteiger charge is -2.71. The lowest BCUT2D eigenvalue weighted by atomic mass is 9.33. The van der Waals surface area contributed by atoms with Gasteiger partial charge in [0.2, 0.25) is 0 Å². The number of hydrogen-bond acceptors (Lipinski definition) is 10. The highest BCUT2D eigenvalue weighted by Crippen LogP contribution is 2.76. The van der Waals surface area contributed by atoms with Gasteiger partial charge in [-0.3, -0.25) is 24.0 Å². The van der Waals surface area contributed by atoms with Crippen LogP contribution in [0.5, 0.6) is 0 Å². The van der Waals surface area contributed by atoms with Crippen molar-refractivity contribution in [2.75, 3.05) is 13.2 Å². The summed E-state index contributed by atoms with van der Waals surface area (Å²) >= 11 is 0. The van der Waals surface area contributed by atoms with Crippen LogP contribution in [-0.2, 0) is 60.9 Å². The normalized spacial score (nSPS) is 32.4. The predicted octanol–water partition coefficient (Wildman–Crippen LogP) is 13.4. The van der Waals surface area contributed by atoms with Crippen LogP contribution in [0.4, 0.5) is 0 Å². The summed E-state index contributed by atoms with van der Waals surface area (Å²) in [6.45, 7) is 21.6. The fourth-order valence-electron chi connectivity index (χ4n) is 15.0. The SMILES string of the molecule is CC1(C)CC[C@]2(C(=O)OCC3=CCCC=C3)CC[C@]3(C)C(=CCC4[C@@]5(C)CC[C@H](OC(=O)CC(C)(C)C(=O)OCc6ccccc6)[C@@](C)(COC(=O)CC(C)(C)C(=O)OCc6ccccc6)C5CC[C@]43C)[C@@H]2C1. The zero-order valence-corrected chi connectivity index (χ0v) is 45.7. The summed E-state index contributed by atoms with van der Waals surface area (Å²) in [4.78, 5) is 69.7. The maximum atomic E-state index is 14.6. The largest absolute Gasteiger partial charge is 0.465 e. The summed E-state index contributed by atoms with van der Waals surface area (Å²) in [6.07, 6.45) is 18.5. The van der Waals surface area contributed by atoms with Crippen LogP contribution in [0, 0.1) is 61.1 Å². The van der Waals surface area contributed by atoms with Crippen molar-refractivity contribution in [3.8, 4) is 0 Å². The number of ether oxygens (including phenoxy) is 5. The van der Waals surface area contributed by atoms with E-state index in [1.165, 1.54) is 5.57 Å². The monoisotopic (exact) mass is 1000 g/mol. The van der Waals surface area contributed by atoms with Crippen LogP contribution in [0.25, 0.3) is 0 Å². The molecule has 0 amide bonds. The Labute approximate surface area is 435 Å². The van der Waals surface area contributed by atoms with Crippen molar-refractivity contribution in [1.29, 1.82) is 0 Å². The molecule has 0 N–H and O–H groups in total. The first-order chi connectivity index (χ1) is 34.4. The minimum atomic E-state index is -1.15. The molecule has 10 heteroatoms. The van der Waals surface area contributed by atoms with Gasteiger partial charge in [-0.1, -0.05) is 132 Å². The van der Waals surface area contributed by atoms with E-state index in [9.17, 15) is 24.0 Å². The van der Waals surface area contributed by atoms with Crippen LogP contribution in [0.1, 0.15) is 170 Å². The van der Waals surface area contributed by atoms with Crippen LogP contribution in [0.3, 0.4) is 0 Å². The number of carbonyl (C=O) groups excluding carboxylic acids is 5. The Balaban J connectivity index is 1.04. The van der Waals surface area contributed by atoms with Gasteiger partial charge in [-0.25, -0.2) is 0 Å². The molecule has 0 aliphatic heterocycles. The lowest BCUT2D eigenvalue weighted by molar-refractivity contribution is -0.228. The Morgan fingerprint density at radius 3 is 1.82 bits per heavy atom. The zero-order valence-electron chi connectivity index (χ0n) is 45.7. The van der Waals surface area contributed by atoms with Crippen LogP contribution >= 0.6 is 0 Å². The minimum absolute atomic E-state index is 0.00177. The second-order valence-corrected chi connectivity index (χ2v) is 26.1. The molecule has 2 aromatic rings. The highest BCUT2D eigenvalue weighted by Gasteiger charge is 2.70. The van der Waals surface area contributed by atoms with E-state index < -0.39 is 51.6 Å². The maximum Gasteiger partial charge on any atom is 0.313 e. The van der Waals surface area contributed by atoms with Gasteiger partial charge in [0.1, 0.15) is 32.5 Å². The van der Waals surface area contributed by atoms with Crippen molar-refractivity contribution in [2.45, 2.75) is 178 Å². The molecule has 73 heavy (non-hydrogen) atoms. The topological polar surface area (TPSA) is 132 Å². The summed E-state index contributed by atoms with van der Waals surface area (Å²) in [5.74, 6) is -1.67. The molecule has 0 aromatic heterocycles. The molecule has 8 rings (SSSR count). The lowest BCUT2D eigenvalue weighted by Crippen LogP contribution is -2.66. The molecular weight excluding hydrogens is 917 g/mol. The number of hydrogen-bond donors (Lipinski definition) is 0. The van der Waals surface area contributed by atoms with E-state index in [-0.39, 0.29) is 78.0 Å². The molecule has 2 unspecified atom stereocenters. The molecule has 10 nitrogen and oxygen atoms in total. The first kappa shape index (κ1) is 54.3. The second kappa shape index (κ2) is 20.6. The fourth-order valence-corrected chi connectivity index (χ4v) is 15.0. The molecule has 4 saturated carbocycles.